The molecule has 0 aliphatic heterocycles. The minimum Gasteiger partial charge on any atom is -0.318 e. The number of hydrogen-bond donors (Lipinski definition) is 1. The van der Waals surface area contributed by atoms with Gasteiger partial charge < -0.3 is 4.57 Å². The number of fused-ring (bicyclic) bond motifs is 1. The van der Waals surface area contributed by atoms with Crippen LogP contribution in [0.4, 0.5) is 0 Å². The zero-order valence-electron chi connectivity index (χ0n) is 23.1. The number of rotatable bonds is 8. The molecule has 0 saturated heterocycles. The summed E-state index contributed by atoms with van der Waals surface area (Å²) in [6.45, 7) is 11.6. The summed E-state index contributed by atoms with van der Waals surface area (Å²) in [5.41, 5.74) is 4.26. The molecule has 0 aliphatic carbocycles. The summed E-state index contributed by atoms with van der Waals surface area (Å²) in [7, 11) is 0. The van der Waals surface area contributed by atoms with Crippen LogP contribution < -0.4 is 11.2 Å². The van der Waals surface area contributed by atoms with Crippen LogP contribution in [0, 0.1) is 5.41 Å². The topological polar surface area (TPSA) is 116 Å². The molecule has 5 rings (SSSR count). The monoisotopic (exact) mass is 526 g/mol. The minimum absolute atomic E-state index is 0.0539. The third-order valence-corrected chi connectivity index (χ3v) is 6.76. The van der Waals surface area contributed by atoms with Crippen LogP contribution in [0.1, 0.15) is 52.4 Å². The van der Waals surface area contributed by atoms with E-state index in [1.807, 2.05) is 42.7 Å². The lowest BCUT2D eigenvalue weighted by molar-refractivity contribution is 0.394. The SMILES string of the molecule is CCCn1c(=O)c2c(nc(CC(C)(C)C)n2Cc2ccc(-c3ccccc3-c3nn[nH]n3)cc2)n(CC)c1=O. The van der Waals surface area contributed by atoms with E-state index in [0.29, 0.717) is 49.5 Å². The molecule has 0 unspecified atom stereocenters. The van der Waals surface area contributed by atoms with Gasteiger partial charge in [0.05, 0.1) is 0 Å². The van der Waals surface area contributed by atoms with Gasteiger partial charge in [0.25, 0.3) is 5.56 Å². The first-order chi connectivity index (χ1) is 18.7. The van der Waals surface area contributed by atoms with Gasteiger partial charge in [-0.1, -0.05) is 76.2 Å². The lowest BCUT2D eigenvalue weighted by Gasteiger charge is -2.19. The number of aromatic amines is 1. The van der Waals surface area contributed by atoms with Crippen molar-refractivity contribution in [2.24, 2.45) is 5.41 Å². The zero-order valence-corrected chi connectivity index (χ0v) is 23.1. The van der Waals surface area contributed by atoms with Crippen molar-refractivity contribution in [1.29, 1.82) is 0 Å². The molecule has 3 heterocycles. The second-order valence-electron chi connectivity index (χ2n) is 11.0. The summed E-state index contributed by atoms with van der Waals surface area (Å²) in [6.07, 6.45) is 1.36. The molecule has 3 aromatic heterocycles. The first-order valence-corrected chi connectivity index (χ1v) is 13.4. The Morgan fingerprint density at radius 1 is 0.897 bits per heavy atom. The predicted molar refractivity (Wildman–Crippen MR) is 152 cm³/mol. The largest absolute Gasteiger partial charge is 0.332 e. The number of nitrogens with zero attached hydrogens (tertiary/aromatic N) is 7. The number of hydrogen-bond acceptors (Lipinski definition) is 6. The van der Waals surface area contributed by atoms with Gasteiger partial charge in [-0.05, 0) is 40.7 Å². The molecule has 0 fully saturated rings. The third-order valence-electron chi connectivity index (χ3n) is 6.76. The molecule has 5 aromatic rings. The lowest BCUT2D eigenvalue weighted by Crippen LogP contribution is -2.40. The number of benzene rings is 2. The van der Waals surface area contributed by atoms with Crippen LogP contribution in [0.25, 0.3) is 33.7 Å². The van der Waals surface area contributed by atoms with Crippen LogP contribution in [-0.4, -0.2) is 39.3 Å². The second kappa shape index (κ2) is 10.4. The van der Waals surface area contributed by atoms with Crippen molar-refractivity contribution in [3.8, 4) is 22.5 Å². The normalized spacial score (nSPS) is 11.9. The van der Waals surface area contributed by atoms with E-state index in [2.05, 4.69) is 65.7 Å². The molecule has 10 heteroatoms. The van der Waals surface area contributed by atoms with Gasteiger partial charge in [0, 0.05) is 31.6 Å². The van der Waals surface area contributed by atoms with Crippen molar-refractivity contribution >= 4 is 11.2 Å². The molecule has 0 aliphatic rings. The van der Waals surface area contributed by atoms with Gasteiger partial charge in [-0.25, -0.2) is 9.78 Å². The molecule has 39 heavy (non-hydrogen) atoms. The van der Waals surface area contributed by atoms with E-state index in [1.54, 1.807) is 4.57 Å². The Kier molecular flexibility index (Phi) is 7.03. The van der Waals surface area contributed by atoms with E-state index in [-0.39, 0.29) is 16.7 Å². The van der Waals surface area contributed by atoms with Crippen molar-refractivity contribution < 1.29 is 0 Å². The minimum atomic E-state index is -0.298. The average Bonchev–Trinajstić information content (AvgIpc) is 3.56. The van der Waals surface area contributed by atoms with Crippen molar-refractivity contribution in [1.82, 2.24) is 39.3 Å². The number of nitrogens with one attached hydrogen (secondary N) is 1. The maximum Gasteiger partial charge on any atom is 0.332 e. The van der Waals surface area contributed by atoms with Gasteiger partial charge in [0.2, 0.25) is 5.82 Å². The quantitative estimate of drug-likeness (QED) is 0.323. The van der Waals surface area contributed by atoms with Gasteiger partial charge in [0.15, 0.2) is 11.2 Å². The molecule has 0 spiro atoms. The summed E-state index contributed by atoms with van der Waals surface area (Å²) in [6, 6.07) is 16.2. The van der Waals surface area contributed by atoms with Gasteiger partial charge >= 0.3 is 5.69 Å². The van der Waals surface area contributed by atoms with E-state index < -0.39 is 0 Å². The van der Waals surface area contributed by atoms with Crippen molar-refractivity contribution in [3.05, 3.63) is 80.8 Å². The highest BCUT2D eigenvalue weighted by Crippen LogP contribution is 2.30. The molecule has 0 atom stereocenters. The first-order valence-electron chi connectivity index (χ1n) is 13.4. The van der Waals surface area contributed by atoms with E-state index in [0.717, 1.165) is 28.1 Å². The summed E-state index contributed by atoms with van der Waals surface area (Å²) in [4.78, 5) is 31.7. The van der Waals surface area contributed by atoms with Crippen molar-refractivity contribution in [3.63, 3.8) is 0 Å². The summed E-state index contributed by atoms with van der Waals surface area (Å²) < 4.78 is 4.97. The standard InChI is InChI=1S/C29H34N8O2/c1-6-16-36-27(38)24-26(35(7-2)28(36)39)30-23(17-29(3,4)5)37(24)18-19-12-14-20(15-13-19)21-10-8-9-11-22(21)25-31-33-34-32-25/h8-15H,6-7,16-18H2,1-5H3,(H,31,32,33,34). The summed E-state index contributed by atoms with van der Waals surface area (Å²) >= 11 is 0. The van der Waals surface area contributed by atoms with Crippen LogP contribution >= 0.6 is 0 Å². The smallest absolute Gasteiger partial charge is 0.318 e. The number of aromatic nitrogens is 8. The molecule has 0 bridgehead atoms. The van der Waals surface area contributed by atoms with Gasteiger partial charge in [0.1, 0.15) is 5.82 Å². The summed E-state index contributed by atoms with van der Waals surface area (Å²) in [5.74, 6) is 1.34. The van der Waals surface area contributed by atoms with Gasteiger partial charge in [-0.2, -0.15) is 5.21 Å². The highest BCUT2D eigenvalue weighted by atomic mass is 16.2. The van der Waals surface area contributed by atoms with Crippen LogP contribution in [0.5, 0.6) is 0 Å². The average molecular weight is 527 g/mol. The molecule has 1 N–H and O–H groups in total. The molecule has 0 radical (unpaired) electrons. The van der Waals surface area contributed by atoms with E-state index in [4.69, 9.17) is 4.98 Å². The van der Waals surface area contributed by atoms with Crippen molar-refractivity contribution in [2.75, 3.05) is 0 Å². The Morgan fingerprint density at radius 3 is 2.23 bits per heavy atom. The third kappa shape index (κ3) is 5.06. The number of tetrazole rings is 1. The van der Waals surface area contributed by atoms with Crippen LogP contribution in [0.2, 0.25) is 0 Å². The lowest BCUT2D eigenvalue weighted by atomic mass is 9.92. The van der Waals surface area contributed by atoms with Gasteiger partial charge in [-0.15, -0.1) is 10.2 Å². The number of aryl methyl sites for hydroxylation is 1. The van der Waals surface area contributed by atoms with Crippen molar-refractivity contribution in [2.45, 2.75) is 67.1 Å². The van der Waals surface area contributed by atoms with E-state index >= 15 is 0 Å². The van der Waals surface area contributed by atoms with E-state index in [9.17, 15) is 9.59 Å². The highest BCUT2D eigenvalue weighted by molar-refractivity contribution is 5.80. The Labute approximate surface area is 226 Å². The fraction of sp³-hybridized carbons (Fsp3) is 0.379. The molecule has 2 aromatic carbocycles. The maximum atomic E-state index is 13.7. The molecule has 0 amide bonds. The second-order valence-corrected chi connectivity index (χ2v) is 11.0. The van der Waals surface area contributed by atoms with Crippen LogP contribution in [0.3, 0.4) is 0 Å². The molecule has 10 nitrogen and oxygen atoms in total. The number of imidazole rings is 1. The molecular formula is C29H34N8O2. The van der Waals surface area contributed by atoms with Crippen LogP contribution in [0.15, 0.2) is 58.1 Å². The molecule has 0 saturated carbocycles. The Hall–Kier alpha value is -4.34. The Morgan fingerprint density at radius 2 is 1.62 bits per heavy atom. The van der Waals surface area contributed by atoms with E-state index in [1.165, 1.54) is 4.57 Å². The Balaban J connectivity index is 1.61. The fourth-order valence-electron chi connectivity index (χ4n) is 5.00. The fourth-order valence-corrected chi connectivity index (χ4v) is 5.00. The van der Waals surface area contributed by atoms with Gasteiger partial charge in [-0.3, -0.25) is 13.9 Å². The Bertz CT molecular complexity index is 1720. The summed E-state index contributed by atoms with van der Waals surface area (Å²) in [5, 5.41) is 14.5. The van der Waals surface area contributed by atoms with Crippen LogP contribution in [-0.2, 0) is 26.1 Å². The molecule has 202 valence electrons. The zero-order chi connectivity index (χ0) is 27.7. The number of H-pyrrole nitrogens is 1. The molecular weight excluding hydrogens is 492 g/mol. The maximum absolute atomic E-state index is 13.7. The predicted octanol–water partition coefficient (Wildman–Crippen LogP) is 4.27. The highest BCUT2D eigenvalue weighted by Gasteiger charge is 2.24. The first kappa shape index (κ1) is 26.3.